The van der Waals surface area contributed by atoms with Gasteiger partial charge in [0.1, 0.15) is 24.6 Å². The molecule has 0 amide bonds. The molecule has 276 valence electrons. The van der Waals surface area contributed by atoms with Crippen molar-refractivity contribution in [2.45, 2.75) is 97.9 Å². The Kier molecular flexibility index (Phi) is 17.5. The van der Waals surface area contributed by atoms with E-state index in [0.717, 1.165) is 0 Å². The van der Waals surface area contributed by atoms with E-state index in [1.54, 1.807) is 18.2 Å². The van der Waals surface area contributed by atoms with Gasteiger partial charge in [0.05, 0.1) is 33.0 Å². The first-order valence-electron chi connectivity index (χ1n) is 16.8. The first kappa shape index (κ1) is 42.0. The molecule has 0 aromatic heterocycles. The topological polar surface area (TPSA) is 174 Å². The van der Waals surface area contributed by atoms with Gasteiger partial charge in [0.2, 0.25) is 6.29 Å². The zero-order valence-corrected chi connectivity index (χ0v) is 31.5. The van der Waals surface area contributed by atoms with Gasteiger partial charge >= 0.3 is 11.9 Å². The summed E-state index contributed by atoms with van der Waals surface area (Å²) in [5, 5.41) is 3.27. The Labute approximate surface area is 291 Å². The van der Waals surface area contributed by atoms with E-state index in [4.69, 9.17) is 43.1 Å². The fraction of sp³-hybridized carbons (Fsp3) is 0.735. The molecular formula is C34H55N3O11Si. The second kappa shape index (κ2) is 20.5. The predicted octanol–water partition coefficient (Wildman–Crippen LogP) is 6.26. The van der Waals surface area contributed by atoms with Crippen molar-refractivity contribution in [1.82, 2.24) is 0 Å². The minimum Gasteiger partial charge on any atom is -0.541 e. The molecule has 1 aromatic carbocycles. The smallest absolute Gasteiger partial charge is 0.303 e. The third-order valence-electron chi connectivity index (χ3n) is 8.72. The van der Waals surface area contributed by atoms with E-state index in [-0.39, 0.29) is 42.2 Å². The number of azide groups is 1. The first-order chi connectivity index (χ1) is 23.1. The van der Waals surface area contributed by atoms with Gasteiger partial charge < -0.3 is 37.6 Å². The van der Waals surface area contributed by atoms with Gasteiger partial charge in [0.15, 0.2) is 11.5 Å². The van der Waals surface area contributed by atoms with E-state index < -0.39 is 38.8 Å². The summed E-state index contributed by atoms with van der Waals surface area (Å²) in [6.45, 7) is 19.7. The zero-order valence-electron chi connectivity index (χ0n) is 30.5. The largest absolute Gasteiger partial charge is 0.541 e. The third-order valence-corrected chi connectivity index (χ3v) is 13.1. The van der Waals surface area contributed by atoms with E-state index in [1.165, 1.54) is 13.8 Å². The quantitative estimate of drug-likeness (QED) is 0.0268. The molecular weight excluding hydrogens is 654 g/mol. The SMILES string of the molecule is CC(=O)OC[C@H]1O[C@@H](Oc2ccc(C(=O)CCCOCCOCCOCCN=[N+]=[N-])cc2O[Si](C)(C)C(C)(C)C)[C@H](C)[C@@H](C)[C@H]1OC(C)=O. The number of ketones is 1. The molecule has 1 aromatic rings. The van der Waals surface area contributed by atoms with Gasteiger partial charge in [0, 0.05) is 55.7 Å². The van der Waals surface area contributed by atoms with Crippen molar-refractivity contribution in [3.8, 4) is 11.5 Å². The summed E-state index contributed by atoms with van der Waals surface area (Å²) >= 11 is 0. The lowest BCUT2D eigenvalue weighted by atomic mass is 9.84. The van der Waals surface area contributed by atoms with Crippen LogP contribution in [-0.2, 0) is 38.0 Å². The van der Waals surface area contributed by atoms with Crippen LogP contribution in [-0.4, -0.2) is 97.3 Å². The van der Waals surface area contributed by atoms with Crippen molar-refractivity contribution in [3.05, 3.63) is 34.2 Å². The van der Waals surface area contributed by atoms with Gasteiger partial charge in [-0.3, -0.25) is 14.4 Å². The van der Waals surface area contributed by atoms with Gasteiger partial charge in [0.25, 0.3) is 8.32 Å². The number of esters is 2. The lowest BCUT2D eigenvalue weighted by Crippen LogP contribution is -2.54. The molecule has 0 spiro atoms. The molecule has 1 aliphatic heterocycles. The van der Waals surface area contributed by atoms with E-state index in [0.29, 0.717) is 63.1 Å². The Hall–Kier alpha value is -3.20. The summed E-state index contributed by atoms with van der Waals surface area (Å²) in [5.74, 6) is -0.498. The Morgan fingerprint density at radius 1 is 0.918 bits per heavy atom. The Bertz CT molecular complexity index is 1270. The number of rotatable bonds is 21. The minimum atomic E-state index is -2.36. The van der Waals surface area contributed by atoms with Gasteiger partial charge in [-0.25, -0.2) is 0 Å². The monoisotopic (exact) mass is 709 g/mol. The molecule has 0 aliphatic carbocycles. The van der Waals surface area contributed by atoms with Crippen LogP contribution in [0.4, 0.5) is 0 Å². The van der Waals surface area contributed by atoms with Crippen LogP contribution in [0.3, 0.4) is 0 Å². The van der Waals surface area contributed by atoms with Crippen LogP contribution in [0.5, 0.6) is 11.5 Å². The predicted molar refractivity (Wildman–Crippen MR) is 184 cm³/mol. The first-order valence-corrected chi connectivity index (χ1v) is 19.7. The van der Waals surface area contributed by atoms with E-state index in [9.17, 15) is 14.4 Å². The lowest BCUT2D eigenvalue weighted by Gasteiger charge is -2.43. The molecule has 1 fully saturated rings. The van der Waals surface area contributed by atoms with Crippen LogP contribution < -0.4 is 9.16 Å². The summed E-state index contributed by atoms with van der Waals surface area (Å²) in [6, 6.07) is 5.18. The maximum Gasteiger partial charge on any atom is 0.303 e. The molecule has 0 radical (unpaired) electrons. The molecule has 14 nitrogen and oxygen atoms in total. The van der Waals surface area contributed by atoms with Crippen molar-refractivity contribution in [2.24, 2.45) is 17.0 Å². The maximum atomic E-state index is 13.2. The highest BCUT2D eigenvalue weighted by Crippen LogP contribution is 2.42. The zero-order chi connectivity index (χ0) is 36.6. The number of hydrogen-bond acceptors (Lipinski definition) is 12. The average molecular weight is 710 g/mol. The van der Waals surface area contributed by atoms with E-state index in [1.807, 2.05) is 13.8 Å². The van der Waals surface area contributed by atoms with Gasteiger partial charge in [-0.15, -0.1) is 0 Å². The Balaban J connectivity index is 2.08. The van der Waals surface area contributed by atoms with Gasteiger partial charge in [-0.05, 0) is 48.3 Å². The highest BCUT2D eigenvalue weighted by Gasteiger charge is 2.46. The number of carbonyl (C=O) groups is 3. The molecule has 0 N–H and O–H groups in total. The standard InChI is InChI=1S/C34H55N3O11Si/c1-23-24(2)33(47-31(22-44-25(3)38)32(23)45-26(4)39)46-29-13-12-27(21-30(29)48-49(8,9)34(5,6)7)28(40)11-10-15-41-17-19-43-20-18-42-16-14-36-37-35/h12-13,21,23-24,31-33H,10-11,14-20,22H2,1-9H3/t23-,24-,31-,32-,33-/m1/s1. The number of ether oxygens (including phenoxy) is 7. The molecule has 5 atom stereocenters. The van der Waals surface area contributed by atoms with Crippen LogP contribution in [0.1, 0.15) is 71.7 Å². The van der Waals surface area contributed by atoms with Crippen LogP contribution in [0.2, 0.25) is 18.1 Å². The van der Waals surface area contributed by atoms with Crippen LogP contribution in [0, 0.1) is 11.8 Å². The second-order valence-electron chi connectivity index (χ2n) is 13.6. The molecule has 0 bridgehead atoms. The highest BCUT2D eigenvalue weighted by molar-refractivity contribution is 6.74. The van der Waals surface area contributed by atoms with Crippen molar-refractivity contribution >= 4 is 26.0 Å². The van der Waals surface area contributed by atoms with Crippen molar-refractivity contribution in [3.63, 3.8) is 0 Å². The van der Waals surface area contributed by atoms with E-state index in [2.05, 4.69) is 43.9 Å². The summed E-state index contributed by atoms with van der Waals surface area (Å²) in [4.78, 5) is 39.4. The molecule has 0 saturated carbocycles. The fourth-order valence-electron chi connectivity index (χ4n) is 4.69. The number of nitrogens with zero attached hydrogens (tertiary/aromatic N) is 3. The van der Waals surface area contributed by atoms with Crippen molar-refractivity contribution in [1.29, 1.82) is 0 Å². The van der Waals surface area contributed by atoms with Crippen LogP contribution in [0.25, 0.3) is 10.4 Å². The maximum absolute atomic E-state index is 13.2. The molecule has 1 saturated heterocycles. The minimum absolute atomic E-state index is 0.0501. The summed E-state index contributed by atoms with van der Waals surface area (Å²) < 4.78 is 46.6. The van der Waals surface area contributed by atoms with Gasteiger partial charge in [-0.2, -0.15) is 0 Å². The molecule has 1 aliphatic rings. The van der Waals surface area contributed by atoms with E-state index >= 15 is 0 Å². The highest BCUT2D eigenvalue weighted by atomic mass is 28.4. The molecule has 1 heterocycles. The second-order valence-corrected chi connectivity index (χ2v) is 18.3. The number of carbonyl (C=O) groups excluding carboxylic acids is 3. The normalized spacial score (nSPS) is 21.0. The number of benzene rings is 1. The lowest BCUT2D eigenvalue weighted by molar-refractivity contribution is -0.248. The Morgan fingerprint density at radius 2 is 1.55 bits per heavy atom. The molecule has 0 unspecified atom stereocenters. The third kappa shape index (κ3) is 14.3. The van der Waals surface area contributed by atoms with Crippen molar-refractivity contribution < 1.29 is 52.0 Å². The Morgan fingerprint density at radius 3 is 2.14 bits per heavy atom. The van der Waals surface area contributed by atoms with Gasteiger partial charge in [-0.1, -0.05) is 39.7 Å². The van der Waals surface area contributed by atoms with Crippen LogP contribution in [0.15, 0.2) is 23.3 Å². The number of Topliss-reactive ketones (excluding diaryl/α,β-unsaturated/α-hetero) is 1. The molecule has 49 heavy (non-hydrogen) atoms. The summed E-state index contributed by atoms with van der Waals surface area (Å²) in [7, 11) is -2.36. The number of hydrogen-bond donors (Lipinski definition) is 0. The summed E-state index contributed by atoms with van der Waals surface area (Å²) in [6.07, 6.45) is -1.32. The van der Waals surface area contributed by atoms with Crippen molar-refractivity contribution in [2.75, 3.05) is 52.8 Å². The molecule has 2 rings (SSSR count). The average Bonchev–Trinajstić information content (AvgIpc) is 3.02. The fourth-order valence-corrected chi connectivity index (χ4v) is 5.70. The summed E-state index contributed by atoms with van der Waals surface area (Å²) in [5.41, 5.74) is 8.73. The molecule has 15 heteroatoms. The van der Waals surface area contributed by atoms with Crippen LogP contribution >= 0.6 is 0 Å².